The molecule has 0 bridgehead atoms. The third kappa shape index (κ3) is 4.12. The molecule has 0 unspecified atom stereocenters. The topological polar surface area (TPSA) is 96.8 Å². The van der Waals surface area contributed by atoms with Crippen molar-refractivity contribution >= 4 is 17.5 Å². The lowest BCUT2D eigenvalue weighted by molar-refractivity contribution is -0.144. The van der Waals surface area contributed by atoms with Crippen molar-refractivity contribution < 1.29 is 14.3 Å². The van der Waals surface area contributed by atoms with Crippen molar-refractivity contribution in [1.82, 2.24) is 19.5 Å². The van der Waals surface area contributed by atoms with Gasteiger partial charge in [-0.3, -0.25) is 19.5 Å². The van der Waals surface area contributed by atoms with Crippen LogP contribution < -0.4 is 5.56 Å². The molecule has 0 saturated heterocycles. The van der Waals surface area contributed by atoms with Gasteiger partial charge >= 0.3 is 5.97 Å². The Morgan fingerprint density at radius 1 is 1.42 bits per heavy atom. The van der Waals surface area contributed by atoms with Gasteiger partial charge in [-0.2, -0.15) is 0 Å². The first-order valence-corrected chi connectivity index (χ1v) is 8.98. The van der Waals surface area contributed by atoms with Gasteiger partial charge in [-0.05, 0) is 32.6 Å². The highest BCUT2D eigenvalue weighted by Gasteiger charge is 2.28. The Balaban J connectivity index is 1.74. The SMILES string of the molecule is CCOC(=O)CCN(CC1CC1)C(=O)Cc1c(C)nc2cc[nH]n2c1=O. The molecule has 1 amide bonds. The Hall–Kier alpha value is -2.64. The van der Waals surface area contributed by atoms with E-state index in [0.29, 0.717) is 42.5 Å². The second-order valence-electron chi connectivity index (χ2n) is 6.65. The number of H-pyrrole nitrogens is 1. The first-order chi connectivity index (χ1) is 12.5. The summed E-state index contributed by atoms with van der Waals surface area (Å²) in [5.74, 6) is 0.0221. The second kappa shape index (κ2) is 7.72. The average Bonchev–Trinajstić information content (AvgIpc) is 3.30. The number of ether oxygens (including phenoxy) is 1. The third-order valence-corrected chi connectivity index (χ3v) is 4.59. The van der Waals surface area contributed by atoms with E-state index in [1.165, 1.54) is 4.52 Å². The van der Waals surface area contributed by atoms with Crippen molar-refractivity contribution in [2.24, 2.45) is 5.92 Å². The van der Waals surface area contributed by atoms with Gasteiger partial charge in [0.05, 0.1) is 19.4 Å². The lowest BCUT2D eigenvalue weighted by atomic mass is 10.1. The maximum Gasteiger partial charge on any atom is 0.307 e. The molecule has 2 aromatic heterocycles. The number of nitrogens with zero attached hydrogens (tertiary/aromatic N) is 3. The number of aryl methyl sites for hydroxylation is 1. The van der Waals surface area contributed by atoms with Gasteiger partial charge in [0.2, 0.25) is 5.91 Å². The number of nitrogens with one attached hydrogen (secondary N) is 1. The predicted molar refractivity (Wildman–Crippen MR) is 94.8 cm³/mol. The molecule has 1 aliphatic carbocycles. The van der Waals surface area contributed by atoms with E-state index in [1.807, 2.05) is 0 Å². The Morgan fingerprint density at radius 3 is 2.88 bits per heavy atom. The van der Waals surface area contributed by atoms with Gasteiger partial charge < -0.3 is 9.64 Å². The van der Waals surface area contributed by atoms with Gasteiger partial charge in [-0.25, -0.2) is 9.50 Å². The zero-order valence-electron chi connectivity index (χ0n) is 15.2. The smallest absolute Gasteiger partial charge is 0.307 e. The van der Waals surface area contributed by atoms with E-state index >= 15 is 0 Å². The summed E-state index contributed by atoms with van der Waals surface area (Å²) in [6.07, 6.45) is 3.97. The van der Waals surface area contributed by atoms with E-state index in [0.717, 1.165) is 12.8 Å². The quantitative estimate of drug-likeness (QED) is 0.710. The lowest BCUT2D eigenvalue weighted by Gasteiger charge is -2.22. The first-order valence-electron chi connectivity index (χ1n) is 8.98. The summed E-state index contributed by atoms with van der Waals surface area (Å²) in [7, 11) is 0. The number of fused-ring (bicyclic) bond motifs is 1. The molecule has 2 aromatic rings. The maximum absolute atomic E-state index is 12.8. The highest BCUT2D eigenvalue weighted by molar-refractivity contribution is 5.80. The Labute approximate surface area is 151 Å². The Bertz CT molecular complexity index is 866. The van der Waals surface area contributed by atoms with E-state index < -0.39 is 0 Å². The summed E-state index contributed by atoms with van der Waals surface area (Å²) >= 11 is 0. The van der Waals surface area contributed by atoms with Gasteiger partial charge in [0, 0.05) is 36.6 Å². The molecule has 3 rings (SSSR count). The van der Waals surface area contributed by atoms with E-state index in [2.05, 4.69) is 10.1 Å². The summed E-state index contributed by atoms with van der Waals surface area (Å²) in [5.41, 5.74) is 1.20. The standard InChI is InChI=1S/C18H24N4O4/c1-3-26-17(24)7-9-21(11-13-4-5-13)16(23)10-14-12(2)20-15-6-8-19-22(15)18(14)25/h6,8,13,19H,3-5,7,9-11H2,1-2H3. The highest BCUT2D eigenvalue weighted by Crippen LogP contribution is 2.30. The van der Waals surface area contributed by atoms with Crippen molar-refractivity contribution in [3.8, 4) is 0 Å². The van der Waals surface area contributed by atoms with E-state index in [4.69, 9.17) is 4.74 Å². The van der Waals surface area contributed by atoms with Crippen LogP contribution in [0.15, 0.2) is 17.1 Å². The summed E-state index contributed by atoms with van der Waals surface area (Å²) in [6, 6.07) is 1.71. The van der Waals surface area contributed by atoms with Crippen LogP contribution in [0.1, 0.15) is 37.4 Å². The molecule has 1 fully saturated rings. The fraction of sp³-hybridized carbons (Fsp3) is 0.556. The number of hydrogen-bond donors (Lipinski definition) is 1. The fourth-order valence-corrected chi connectivity index (χ4v) is 2.96. The third-order valence-electron chi connectivity index (χ3n) is 4.59. The molecule has 1 saturated carbocycles. The predicted octanol–water partition coefficient (Wildman–Crippen LogP) is 1.07. The zero-order chi connectivity index (χ0) is 18.7. The number of esters is 1. The molecular formula is C18H24N4O4. The fourth-order valence-electron chi connectivity index (χ4n) is 2.96. The summed E-state index contributed by atoms with van der Waals surface area (Å²) in [5, 5.41) is 2.81. The van der Waals surface area contributed by atoms with Crippen LogP contribution in [-0.4, -0.2) is 51.1 Å². The lowest BCUT2D eigenvalue weighted by Crippen LogP contribution is -2.37. The summed E-state index contributed by atoms with van der Waals surface area (Å²) < 4.78 is 6.28. The van der Waals surface area contributed by atoms with Crippen molar-refractivity contribution in [3.05, 3.63) is 33.9 Å². The number of carbonyl (C=O) groups excluding carboxylic acids is 2. The van der Waals surface area contributed by atoms with Crippen LogP contribution in [0.2, 0.25) is 0 Å². The van der Waals surface area contributed by atoms with E-state index in [-0.39, 0.29) is 30.3 Å². The maximum atomic E-state index is 12.8. The molecular weight excluding hydrogens is 336 g/mol. The number of aromatic amines is 1. The molecule has 8 nitrogen and oxygen atoms in total. The molecule has 2 heterocycles. The second-order valence-corrected chi connectivity index (χ2v) is 6.65. The number of hydrogen-bond acceptors (Lipinski definition) is 5. The molecule has 140 valence electrons. The van der Waals surface area contributed by atoms with Crippen molar-refractivity contribution in [3.63, 3.8) is 0 Å². The Morgan fingerprint density at radius 2 is 2.19 bits per heavy atom. The largest absolute Gasteiger partial charge is 0.466 e. The minimum atomic E-state index is -0.313. The minimum Gasteiger partial charge on any atom is -0.466 e. The number of carbonyl (C=O) groups is 2. The summed E-state index contributed by atoms with van der Waals surface area (Å²) in [6.45, 7) is 4.75. The van der Waals surface area contributed by atoms with Gasteiger partial charge in [0.1, 0.15) is 0 Å². The minimum absolute atomic E-state index is 0.0187. The number of aromatic nitrogens is 3. The van der Waals surface area contributed by atoms with Gasteiger partial charge in [-0.15, -0.1) is 0 Å². The Kier molecular flexibility index (Phi) is 5.39. The molecule has 26 heavy (non-hydrogen) atoms. The number of amides is 1. The molecule has 1 N–H and O–H groups in total. The van der Waals surface area contributed by atoms with Crippen LogP contribution >= 0.6 is 0 Å². The zero-order valence-corrected chi connectivity index (χ0v) is 15.2. The van der Waals surface area contributed by atoms with E-state index in [1.54, 1.807) is 31.0 Å². The normalized spacial score (nSPS) is 13.8. The van der Waals surface area contributed by atoms with Crippen LogP contribution in [0, 0.1) is 12.8 Å². The van der Waals surface area contributed by atoms with E-state index in [9.17, 15) is 14.4 Å². The van der Waals surface area contributed by atoms with Crippen LogP contribution in [0.25, 0.3) is 5.65 Å². The molecule has 0 spiro atoms. The van der Waals surface area contributed by atoms with Crippen molar-refractivity contribution in [2.45, 2.75) is 39.5 Å². The van der Waals surface area contributed by atoms with Crippen molar-refractivity contribution in [1.29, 1.82) is 0 Å². The molecule has 0 aliphatic heterocycles. The van der Waals surface area contributed by atoms with Crippen LogP contribution in [0.3, 0.4) is 0 Å². The first kappa shape index (κ1) is 18.2. The molecule has 0 radical (unpaired) electrons. The molecule has 8 heteroatoms. The van der Waals surface area contributed by atoms with Gasteiger partial charge in [0.15, 0.2) is 5.65 Å². The van der Waals surface area contributed by atoms with Crippen molar-refractivity contribution in [2.75, 3.05) is 19.7 Å². The molecule has 0 aromatic carbocycles. The van der Waals surface area contributed by atoms with Gasteiger partial charge in [0.25, 0.3) is 5.56 Å². The molecule has 1 aliphatic rings. The summed E-state index contributed by atoms with van der Waals surface area (Å²) in [4.78, 5) is 43.1. The molecule has 0 atom stereocenters. The monoisotopic (exact) mass is 360 g/mol. The highest BCUT2D eigenvalue weighted by atomic mass is 16.5. The number of rotatable bonds is 8. The average molecular weight is 360 g/mol. The van der Waals surface area contributed by atoms with Crippen LogP contribution in [0.4, 0.5) is 0 Å². The van der Waals surface area contributed by atoms with Crippen LogP contribution in [-0.2, 0) is 20.7 Å². The van der Waals surface area contributed by atoms with Gasteiger partial charge in [-0.1, -0.05) is 0 Å². The van der Waals surface area contributed by atoms with Crippen LogP contribution in [0.5, 0.6) is 0 Å².